The minimum Gasteiger partial charge on any atom is -0.493 e. The van der Waals surface area contributed by atoms with Crippen LogP contribution in [0.5, 0.6) is 5.75 Å². The van der Waals surface area contributed by atoms with Crippen LogP contribution in [-0.4, -0.2) is 18.4 Å². The third-order valence-corrected chi connectivity index (χ3v) is 4.68. The zero-order valence-corrected chi connectivity index (χ0v) is 16.2. The molecule has 0 fully saturated rings. The summed E-state index contributed by atoms with van der Waals surface area (Å²) in [4.78, 5) is 23.9. The van der Waals surface area contributed by atoms with Gasteiger partial charge in [-0.2, -0.15) is 0 Å². The molecule has 3 aromatic rings. The Balaban J connectivity index is 1.42. The van der Waals surface area contributed by atoms with Gasteiger partial charge in [0.25, 0.3) is 5.91 Å². The van der Waals surface area contributed by atoms with Crippen LogP contribution in [-0.2, 0) is 4.79 Å². The number of carbonyl (C=O) groups excluding carboxylic acids is 2. The first-order valence-electron chi connectivity index (χ1n) is 8.59. The van der Waals surface area contributed by atoms with Crippen LogP contribution in [0, 0.1) is 0 Å². The molecule has 0 aromatic heterocycles. The van der Waals surface area contributed by atoms with E-state index in [9.17, 15) is 9.59 Å². The monoisotopic (exact) mass is 426 g/mol. The molecule has 0 atom stereocenters. The topological polar surface area (TPSA) is 67.4 Å². The number of rotatable bonds is 6. The van der Waals surface area contributed by atoms with Crippen LogP contribution in [0.1, 0.15) is 23.2 Å². The van der Waals surface area contributed by atoms with Crippen LogP contribution in [0.2, 0.25) is 0 Å². The molecule has 2 amide bonds. The van der Waals surface area contributed by atoms with E-state index < -0.39 is 0 Å². The van der Waals surface area contributed by atoms with E-state index in [4.69, 9.17) is 4.74 Å². The number of fused-ring (bicyclic) bond motifs is 1. The predicted molar refractivity (Wildman–Crippen MR) is 108 cm³/mol. The highest BCUT2D eigenvalue weighted by Gasteiger charge is 2.10. The normalized spacial score (nSPS) is 10.4. The number of hydrogen-bond acceptors (Lipinski definition) is 3. The fourth-order valence-corrected chi connectivity index (χ4v) is 3.10. The number of amides is 2. The number of halogens is 1. The van der Waals surface area contributed by atoms with E-state index in [1.54, 1.807) is 18.2 Å². The summed E-state index contributed by atoms with van der Waals surface area (Å²) >= 11 is 3.30. The largest absolute Gasteiger partial charge is 0.493 e. The highest BCUT2D eigenvalue weighted by atomic mass is 79.9. The highest BCUT2D eigenvalue weighted by molar-refractivity contribution is 9.10. The number of hydrazine groups is 1. The van der Waals surface area contributed by atoms with Gasteiger partial charge in [0.2, 0.25) is 5.91 Å². The molecule has 0 bridgehead atoms. The molecule has 0 aliphatic heterocycles. The Labute approximate surface area is 165 Å². The van der Waals surface area contributed by atoms with E-state index in [2.05, 4.69) is 26.8 Å². The fraction of sp³-hybridized carbons (Fsp3) is 0.143. The van der Waals surface area contributed by atoms with Crippen LogP contribution in [0.3, 0.4) is 0 Å². The molecular formula is C21H19BrN2O3. The van der Waals surface area contributed by atoms with Crippen molar-refractivity contribution >= 4 is 38.5 Å². The SMILES string of the molecule is O=C(CCCOc1cccc2ccccc12)NNC(=O)c1ccccc1Br. The Morgan fingerprint density at radius 3 is 2.48 bits per heavy atom. The first-order chi connectivity index (χ1) is 13.1. The van der Waals surface area contributed by atoms with Crippen molar-refractivity contribution in [2.24, 2.45) is 0 Å². The molecule has 3 rings (SSSR count). The van der Waals surface area contributed by atoms with E-state index in [0.29, 0.717) is 23.1 Å². The Hall–Kier alpha value is -2.86. The average molecular weight is 427 g/mol. The number of benzene rings is 3. The molecule has 0 saturated heterocycles. The summed E-state index contributed by atoms with van der Waals surface area (Å²) in [6.45, 7) is 0.416. The smallest absolute Gasteiger partial charge is 0.270 e. The predicted octanol–water partition coefficient (Wildman–Crippen LogP) is 4.22. The molecule has 0 aliphatic carbocycles. The number of ether oxygens (including phenoxy) is 1. The summed E-state index contributed by atoms with van der Waals surface area (Å²) in [5.41, 5.74) is 5.29. The summed E-state index contributed by atoms with van der Waals surface area (Å²) in [5.74, 6) is 0.162. The van der Waals surface area contributed by atoms with Gasteiger partial charge in [-0.15, -0.1) is 0 Å². The summed E-state index contributed by atoms with van der Waals surface area (Å²) < 4.78 is 6.47. The molecule has 27 heavy (non-hydrogen) atoms. The van der Waals surface area contributed by atoms with E-state index in [1.165, 1.54) is 0 Å². The Morgan fingerprint density at radius 1 is 0.889 bits per heavy atom. The van der Waals surface area contributed by atoms with Crippen molar-refractivity contribution in [3.8, 4) is 5.75 Å². The van der Waals surface area contributed by atoms with Crippen molar-refractivity contribution in [2.45, 2.75) is 12.8 Å². The van der Waals surface area contributed by atoms with E-state index in [-0.39, 0.29) is 18.2 Å². The summed E-state index contributed by atoms with van der Waals surface area (Å²) in [7, 11) is 0. The molecule has 0 aliphatic rings. The van der Waals surface area contributed by atoms with Gasteiger partial charge in [-0.25, -0.2) is 0 Å². The van der Waals surface area contributed by atoms with Crippen molar-refractivity contribution in [1.29, 1.82) is 0 Å². The van der Waals surface area contributed by atoms with E-state index >= 15 is 0 Å². The maximum Gasteiger partial charge on any atom is 0.270 e. The second-order valence-electron chi connectivity index (χ2n) is 5.91. The second-order valence-corrected chi connectivity index (χ2v) is 6.77. The maximum atomic E-state index is 12.0. The molecule has 0 heterocycles. The summed E-state index contributed by atoms with van der Waals surface area (Å²) in [6, 6.07) is 20.9. The number of nitrogens with one attached hydrogen (secondary N) is 2. The fourth-order valence-electron chi connectivity index (χ4n) is 2.64. The standard InChI is InChI=1S/C21H19BrN2O3/c22-18-11-4-3-10-17(18)21(26)24-23-20(25)13-6-14-27-19-12-5-8-15-7-1-2-9-16(15)19/h1-5,7-12H,6,13-14H2,(H,23,25)(H,24,26). The van der Waals surface area contributed by atoms with Crippen molar-refractivity contribution in [2.75, 3.05) is 6.61 Å². The molecule has 0 spiro atoms. The molecule has 6 heteroatoms. The lowest BCUT2D eigenvalue weighted by Gasteiger charge is -2.10. The van der Waals surface area contributed by atoms with Gasteiger partial charge in [0.1, 0.15) is 5.75 Å². The highest BCUT2D eigenvalue weighted by Crippen LogP contribution is 2.25. The van der Waals surface area contributed by atoms with Gasteiger partial charge in [0.05, 0.1) is 12.2 Å². The van der Waals surface area contributed by atoms with Gasteiger partial charge in [-0.05, 0) is 45.9 Å². The van der Waals surface area contributed by atoms with Gasteiger partial charge < -0.3 is 4.74 Å². The van der Waals surface area contributed by atoms with Crippen molar-refractivity contribution in [3.63, 3.8) is 0 Å². The molecular weight excluding hydrogens is 408 g/mol. The van der Waals surface area contributed by atoms with Gasteiger partial charge in [0, 0.05) is 16.3 Å². The van der Waals surface area contributed by atoms with Gasteiger partial charge in [-0.3, -0.25) is 20.4 Å². The molecule has 0 unspecified atom stereocenters. The van der Waals surface area contributed by atoms with Gasteiger partial charge in [-0.1, -0.05) is 48.5 Å². The maximum absolute atomic E-state index is 12.0. The van der Waals surface area contributed by atoms with E-state index in [1.807, 2.05) is 48.5 Å². The molecule has 3 aromatic carbocycles. The third-order valence-electron chi connectivity index (χ3n) is 3.99. The van der Waals surface area contributed by atoms with Crippen molar-refractivity contribution in [1.82, 2.24) is 10.9 Å². The zero-order chi connectivity index (χ0) is 19.1. The quantitative estimate of drug-likeness (QED) is 0.457. The van der Waals surface area contributed by atoms with Gasteiger partial charge in [0.15, 0.2) is 0 Å². The van der Waals surface area contributed by atoms with E-state index in [0.717, 1.165) is 16.5 Å². The Bertz CT molecular complexity index is 954. The van der Waals surface area contributed by atoms with Crippen LogP contribution >= 0.6 is 15.9 Å². The minimum absolute atomic E-state index is 0.251. The summed E-state index contributed by atoms with van der Waals surface area (Å²) in [6.07, 6.45) is 0.793. The first kappa shape index (κ1) is 18.9. The lowest BCUT2D eigenvalue weighted by Crippen LogP contribution is -2.41. The summed E-state index contributed by atoms with van der Waals surface area (Å²) in [5, 5.41) is 2.16. The molecule has 5 nitrogen and oxygen atoms in total. The van der Waals surface area contributed by atoms with Gasteiger partial charge >= 0.3 is 0 Å². The molecule has 0 radical (unpaired) electrons. The van der Waals surface area contributed by atoms with Crippen LogP contribution in [0.25, 0.3) is 10.8 Å². The minimum atomic E-state index is -0.372. The zero-order valence-electron chi connectivity index (χ0n) is 14.6. The van der Waals surface area contributed by atoms with Crippen molar-refractivity contribution < 1.29 is 14.3 Å². The number of carbonyl (C=O) groups is 2. The van der Waals surface area contributed by atoms with Crippen LogP contribution in [0.4, 0.5) is 0 Å². The lowest BCUT2D eigenvalue weighted by molar-refractivity contribution is -0.122. The Morgan fingerprint density at radius 2 is 1.63 bits per heavy atom. The third kappa shape index (κ3) is 5.08. The molecule has 2 N–H and O–H groups in total. The van der Waals surface area contributed by atoms with Crippen LogP contribution in [0.15, 0.2) is 71.2 Å². The molecule has 0 saturated carbocycles. The number of hydrogen-bond donors (Lipinski definition) is 2. The molecule has 138 valence electrons. The lowest BCUT2D eigenvalue weighted by atomic mass is 10.1. The average Bonchev–Trinajstić information content (AvgIpc) is 2.70. The Kier molecular flexibility index (Phi) is 6.44. The first-order valence-corrected chi connectivity index (χ1v) is 9.39. The van der Waals surface area contributed by atoms with Crippen LogP contribution < -0.4 is 15.6 Å². The second kappa shape index (κ2) is 9.19. The van der Waals surface area contributed by atoms with Crippen molar-refractivity contribution in [3.05, 3.63) is 76.8 Å².